The molecule has 0 fully saturated rings. The topological polar surface area (TPSA) is 29.1 Å². The van der Waals surface area contributed by atoms with E-state index >= 15 is 0 Å². The molecule has 0 unspecified atom stereocenters. The summed E-state index contributed by atoms with van der Waals surface area (Å²) in [4.78, 5) is 12.0. The molecule has 0 aliphatic heterocycles. The second-order valence-electron chi connectivity index (χ2n) is 4.76. The van der Waals surface area contributed by atoms with Crippen LogP contribution in [0, 0.1) is 17.8 Å². The van der Waals surface area contributed by atoms with Crippen LogP contribution in [0.25, 0.3) is 0 Å². The standard InChI is InChI=1S/C13H27NO/c1-6-12(9-11(4)5)13(15)14-8-7-10(2)3/h10-12H,6-9H2,1-5H3,(H,14,15)/t12-/m0/s1/i9D2. The van der Waals surface area contributed by atoms with E-state index in [4.69, 9.17) is 2.74 Å². The molecule has 15 heavy (non-hydrogen) atoms. The first-order chi connectivity index (χ1) is 7.73. The monoisotopic (exact) mass is 215 g/mol. The molecule has 0 saturated heterocycles. The van der Waals surface area contributed by atoms with E-state index in [1.165, 1.54) is 0 Å². The summed E-state index contributed by atoms with van der Waals surface area (Å²) < 4.78 is 16.0. The molecule has 2 nitrogen and oxygen atoms in total. The van der Waals surface area contributed by atoms with Crippen LogP contribution < -0.4 is 5.32 Å². The van der Waals surface area contributed by atoms with Crippen molar-refractivity contribution in [3.63, 3.8) is 0 Å². The molecule has 0 heterocycles. The van der Waals surface area contributed by atoms with Crippen LogP contribution in [0.15, 0.2) is 0 Å². The summed E-state index contributed by atoms with van der Waals surface area (Å²) in [5, 5.41) is 2.85. The summed E-state index contributed by atoms with van der Waals surface area (Å²) in [6.45, 7) is 10.4. The highest BCUT2D eigenvalue weighted by atomic mass is 16.1. The van der Waals surface area contributed by atoms with E-state index in [-0.39, 0.29) is 11.8 Å². The van der Waals surface area contributed by atoms with Crippen LogP contribution in [0.4, 0.5) is 0 Å². The minimum absolute atomic E-state index is 0.146. The number of nitrogens with one attached hydrogen (secondary N) is 1. The lowest BCUT2D eigenvalue weighted by Crippen LogP contribution is -2.32. The molecule has 0 aromatic rings. The first-order valence-electron chi connectivity index (χ1n) is 7.01. The third-order valence-corrected chi connectivity index (χ3v) is 2.28. The Labute approximate surface area is 97.6 Å². The first-order valence-corrected chi connectivity index (χ1v) is 6.01. The van der Waals surface area contributed by atoms with Crippen LogP contribution in [-0.2, 0) is 4.79 Å². The fourth-order valence-corrected chi connectivity index (χ4v) is 1.39. The van der Waals surface area contributed by atoms with E-state index in [9.17, 15) is 4.79 Å². The van der Waals surface area contributed by atoms with Gasteiger partial charge in [0, 0.05) is 15.2 Å². The molecule has 0 aromatic heterocycles. The van der Waals surface area contributed by atoms with Gasteiger partial charge in [-0.3, -0.25) is 4.79 Å². The minimum atomic E-state index is -1.43. The molecular weight excluding hydrogens is 186 g/mol. The Bertz CT molecular complexity index is 240. The van der Waals surface area contributed by atoms with Crippen molar-refractivity contribution in [1.29, 1.82) is 0 Å². The fraction of sp³-hybridized carbons (Fsp3) is 0.923. The van der Waals surface area contributed by atoms with Crippen LogP contribution in [0.3, 0.4) is 0 Å². The predicted molar refractivity (Wildman–Crippen MR) is 65.7 cm³/mol. The van der Waals surface area contributed by atoms with Gasteiger partial charge in [0.05, 0.1) is 0 Å². The minimum Gasteiger partial charge on any atom is -0.356 e. The highest BCUT2D eigenvalue weighted by Gasteiger charge is 2.16. The number of rotatable bonds is 7. The summed E-state index contributed by atoms with van der Waals surface area (Å²) in [5.74, 6) is -0.290. The number of hydrogen-bond acceptors (Lipinski definition) is 1. The van der Waals surface area contributed by atoms with Crippen LogP contribution in [0.1, 0.15) is 56.6 Å². The number of hydrogen-bond donors (Lipinski definition) is 1. The molecule has 0 spiro atoms. The Morgan fingerprint density at radius 3 is 2.27 bits per heavy atom. The molecule has 1 atom stereocenters. The van der Waals surface area contributed by atoms with Gasteiger partial charge in [0.1, 0.15) is 0 Å². The van der Waals surface area contributed by atoms with Gasteiger partial charge in [0.25, 0.3) is 0 Å². The lowest BCUT2D eigenvalue weighted by Gasteiger charge is -2.17. The van der Waals surface area contributed by atoms with Gasteiger partial charge in [-0.25, -0.2) is 0 Å². The average Bonchev–Trinajstić information content (AvgIpc) is 2.17. The Balaban J connectivity index is 4.41. The summed E-state index contributed by atoms with van der Waals surface area (Å²) >= 11 is 0. The zero-order chi connectivity index (χ0) is 13.6. The Kier molecular flexibility index (Phi) is 5.65. The van der Waals surface area contributed by atoms with Gasteiger partial charge < -0.3 is 5.32 Å². The maximum Gasteiger partial charge on any atom is 0.223 e. The van der Waals surface area contributed by atoms with Crippen LogP contribution in [0.5, 0.6) is 0 Å². The van der Waals surface area contributed by atoms with Crippen LogP contribution >= 0.6 is 0 Å². The molecule has 0 saturated carbocycles. The largest absolute Gasteiger partial charge is 0.356 e. The van der Waals surface area contributed by atoms with E-state index in [0.717, 1.165) is 6.42 Å². The Morgan fingerprint density at radius 2 is 1.87 bits per heavy atom. The molecule has 1 amide bonds. The van der Waals surface area contributed by atoms with E-state index in [0.29, 0.717) is 18.9 Å². The van der Waals surface area contributed by atoms with Crippen molar-refractivity contribution in [2.24, 2.45) is 17.8 Å². The second-order valence-corrected chi connectivity index (χ2v) is 4.76. The number of carbonyl (C=O) groups excluding carboxylic acids is 1. The molecule has 90 valence electrons. The first kappa shape index (κ1) is 11.0. The second kappa shape index (κ2) is 7.72. The average molecular weight is 215 g/mol. The SMILES string of the molecule is [2H]C([2H])(C(C)C)[C@H](CC)C(=O)NCCC(C)C. The summed E-state index contributed by atoms with van der Waals surface area (Å²) in [7, 11) is 0. The van der Waals surface area contributed by atoms with Gasteiger partial charge in [-0.1, -0.05) is 34.6 Å². The molecule has 0 bridgehead atoms. The van der Waals surface area contributed by atoms with Crippen LogP contribution in [0.2, 0.25) is 0 Å². The van der Waals surface area contributed by atoms with Crippen molar-refractivity contribution in [3.05, 3.63) is 0 Å². The van der Waals surface area contributed by atoms with Gasteiger partial charge in [-0.05, 0) is 31.1 Å². The number of carbonyl (C=O) groups is 1. The van der Waals surface area contributed by atoms with Crippen molar-refractivity contribution in [2.75, 3.05) is 6.54 Å². The lowest BCUT2D eigenvalue weighted by atomic mass is 9.94. The fourth-order valence-electron chi connectivity index (χ4n) is 1.39. The van der Waals surface area contributed by atoms with Gasteiger partial charge in [0.15, 0.2) is 0 Å². The molecule has 0 rings (SSSR count). The molecule has 0 aliphatic carbocycles. The third-order valence-electron chi connectivity index (χ3n) is 2.28. The predicted octanol–water partition coefficient (Wildman–Crippen LogP) is 3.22. The quantitative estimate of drug-likeness (QED) is 0.694. The lowest BCUT2D eigenvalue weighted by molar-refractivity contribution is -0.125. The molecular formula is C13H27NO. The maximum absolute atomic E-state index is 12.0. The summed E-state index contributed by atoms with van der Waals surface area (Å²) in [6.07, 6.45) is 0.0439. The Morgan fingerprint density at radius 1 is 1.27 bits per heavy atom. The normalized spacial score (nSPS) is 16.2. The van der Waals surface area contributed by atoms with Crippen molar-refractivity contribution >= 4 is 5.91 Å². The molecule has 0 aromatic carbocycles. The van der Waals surface area contributed by atoms with Crippen molar-refractivity contribution in [1.82, 2.24) is 5.32 Å². The molecule has 0 aliphatic rings. The maximum atomic E-state index is 12.0. The van der Waals surface area contributed by atoms with Gasteiger partial charge >= 0.3 is 0 Å². The zero-order valence-electron chi connectivity index (χ0n) is 12.8. The summed E-state index contributed by atoms with van der Waals surface area (Å²) in [5.41, 5.74) is 0. The van der Waals surface area contributed by atoms with Crippen molar-refractivity contribution in [2.45, 2.75) is 53.8 Å². The van der Waals surface area contributed by atoms with E-state index in [1.807, 2.05) is 20.8 Å². The van der Waals surface area contributed by atoms with Crippen molar-refractivity contribution < 1.29 is 7.54 Å². The molecule has 0 radical (unpaired) electrons. The van der Waals surface area contributed by atoms with E-state index < -0.39 is 12.3 Å². The highest BCUT2D eigenvalue weighted by molar-refractivity contribution is 5.78. The van der Waals surface area contributed by atoms with E-state index in [2.05, 4.69) is 19.2 Å². The van der Waals surface area contributed by atoms with Crippen LogP contribution in [-0.4, -0.2) is 12.5 Å². The smallest absolute Gasteiger partial charge is 0.223 e. The van der Waals surface area contributed by atoms with Gasteiger partial charge in [-0.15, -0.1) is 0 Å². The van der Waals surface area contributed by atoms with Crippen molar-refractivity contribution in [3.8, 4) is 0 Å². The number of amides is 1. The van der Waals surface area contributed by atoms with Gasteiger partial charge in [0.2, 0.25) is 5.91 Å². The zero-order valence-corrected chi connectivity index (χ0v) is 10.8. The summed E-state index contributed by atoms with van der Waals surface area (Å²) in [6, 6.07) is 0. The third kappa shape index (κ3) is 7.40. The molecule has 1 N–H and O–H groups in total. The van der Waals surface area contributed by atoms with E-state index in [1.54, 1.807) is 0 Å². The van der Waals surface area contributed by atoms with Gasteiger partial charge in [-0.2, -0.15) is 0 Å². The Hall–Kier alpha value is -0.530. The highest BCUT2D eigenvalue weighted by Crippen LogP contribution is 2.15. The molecule has 2 heteroatoms.